The Morgan fingerprint density at radius 1 is 1.27 bits per heavy atom. The summed E-state index contributed by atoms with van der Waals surface area (Å²) < 4.78 is 5.60. The molecule has 3 nitrogen and oxygen atoms in total. The Kier molecular flexibility index (Phi) is 3.44. The van der Waals surface area contributed by atoms with Crippen LogP contribution in [-0.4, -0.2) is 18.1 Å². The van der Waals surface area contributed by atoms with E-state index >= 15 is 0 Å². The van der Waals surface area contributed by atoms with Crippen LogP contribution in [0.5, 0.6) is 0 Å². The summed E-state index contributed by atoms with van der Waals surface area (Å²) in [6.07, 6.45) is 3.97. The van der Waals surface area contributed by atoms with Gasteiger partial charge in [-0.25, -0.2) is 10.4 Å². The van der Waals surface area contributed by atoms with Crippen LogP contribution in [0, 0.1) is 6.92 Å². The molecule has 0 radical (unpaired) electrons. The van der Waals surface area contributed by atoms with Gasteiger partial charge in [0.25, 0.3) is 0 Å². The molecular formula is C12H20N2O. The third kappa shape index (κ3) is 2.83. The largest absolute Gasteiger partial charge is 0.465 e. The lowest BCUT2D eigenvalue weighted by Gasteiger charge is -2.29. The predicted octanol–water partition coefficient (Wildman–Crippen LogP) is 2.64. The first-order valence-corrected chi connectivity index (χ1v) is 5.83. The van der Waals surface area contributed by atoms with E-state index in [1.807, 2.05) is 13.0 Å². The van der Waals surface area contributed by atoms with Gasteiger partial charge in [-0.2, -0.15) is 0 Å². The molecule has 1 fully saturated rings. The maximum Gasteiger partial charge on any atom is 0.122 e. The fourth-order valence-electron chi connectivity index (χ4n) is 2.05. The van der Waals surface area contributed by atoms with Gasteiger partial charge in [0, 0.05) is 13.1 Å². The molecule has 0 aliphatic carbocycles. The summed E-state index contributed by atoms with van der Waals surface area (Å²) in [5.74, 6) is 2.01. The lowest BCUT2D eigenvalue weighted by molar-refractivity contribution is 0.126. The highest BCUT2D eigenvalue weighted by atomic mass is 16.3. The Balaban J connectivity index is 1.88. The number of piperidine rings is 1. The molecule has 2 rings (SSSR count). The minimum Gasteiger partial charge on any atom is -0.465 e. The van der Waals surface area contributed by atoms with Crippen LogP contribution < -0.4 is 5.43 Å². The van der Waals surface area contributed by atoms with Gasteiger partial charge in [0.15, 0.2) is 0 Å². The van der Waals surface area contributed by atoms with Gasteiger partial charge in [-0.15, -0.1) is 0 Å². The monoisotopic (exact) mass is 208 g/mol. The number of aryl methyl sites for hydroxylation is 1. The number of hydrogen-bond donors (Lipinski definition) is 1. The molecule has 1 aliphatic heterocycles. The van der Waals surface area contributed by atoms with Gasteiger partial charge in [0.1, 0.15) is 11.5 Å². The zero-order chi connectivity index (χ0) is 10.7. The number of hydrogen-bond acceptors (Lipinski definition) is 3. The molecule has 3 heteroatoms. The third-order valence-corrected chi connectivity index (χ3v) is 2.92. The van der Waals surface area contributed by atoms with Crippen molar-refractivity contribution in [3.63, 3.8) is 0 Å². The molecule has 0 spiro atoms. The van der Waals surface area contributed by atoms with E-state index in [4.69, 9.17) is 4.42 Å². The summed E-state index contributed by atoms with van der Waals surface area (Å²) >= 11 is 0. The van der Waals surface area contributed by atoms with Gasteiger partial charge >= 0.3 is 0 Å². The van der Waals surface area contributed by atoms with E-state index in [9.17, 15) is 0 Å². The van der Waals surface area contributed by atoms with Crippen molar-refractivity contribution < 1.29 is 4.42 Å². The normalized spacial score (nSPS) is 20.4. The van der Waals surface area contributed by atoms with Crippen LogP contribution in [0.4, 0.5) is 0 Å². The molecule has 1 saturated heterocycles. The van der Waals surface area contributed by atoms with Gasteiger partial charge in [-0.1, -0.05) is 6.42 Å². The molecule has 1 atom stereocenters. The third-order valence-electron chi connectivity index (χ3n) is 2.92. The van der Waals surface area contributed by atoms with Crippen molar-refractivity contribution in [2.75, 3.05) is 13.1 Å². The van der Waals surface area contributed by atoms with Crippen LogP contribution in [0.25, 0.3) is 0 Å². The number of nitrogens with one attached hydrogen (secondary N) is 1. The molecule has 2 heterocycles. The van der Waals surface area contributed by atoms with Gasteiger partial charge in [0.05, 0.1) is 6.04 Å². The zero-order valence-electron chi connectivity index (χ0n) is 9.62. The lowest BCUT2D eigenvalue weighted by Crippen LogP contribution is -2.42. The second-order valence-corrected chi connectivity index (χ2v) is 4.35. The minimum atomic E-state index is 0.275. The Bertz CT molecular complexity index is 302. The second kappa shape index (κ2) is 4.81. The Morgan fingerprint density at radius 2 is 2.00 bits per heavy atom. The first-order valence-electron chi connectivity index (χ1n) is 5.83. The van der Waals surface area contributed by atoms with E-state index < -0.39 is 0 Å². The maximum absolute atomic E-state index is 5.60. The fourth-order valence-corrected chi connectivity index (χ4v) is 2.05. The molecule has 1 aromatic heterocycles. The van der Waals surface area contributed by atoms with Crippen molar-refractivity contribution in [2.45, 2.75) is 39.2 Å². The van der Waals surface area contributed by atoms with Gasteiger partial charge in [-0.3, -0.25) is 0 Å². The van der Waals surface area contributed by atoms with Crippen molar-refractivity contribution in [1.82, 2.24) is 10.4 Å². The van der Waals surface area contributed by atoms with E-state index in [0.717, 1.165) is 24.6 Å². The molecule has 1 aliphatic rings. The molecule has 84 valence electrons. The van der Waals surface area contributed by atoms with Crippen LogP contribution in [0.3, 0.4) is 0 Å². The van der Waals surface area contributed by atoms with Crippen LogP contribution in [0.1, 0.15) is 43.7 Å². The van der Waals surface area contributed by atoms with E-state index in [-0.39, 0.29) is 6.04 Å². The smallest absolute Gasteiger partial charge is 0.122 e. The van der Waals surface area contributed by atoms with Crippen molar-refractivity contribution in [2.24, 2.45) is 0 Å². The second-order valence-electron chi connectivity index (χ2n) is 4.35. The average molecular weight is 208 g/mol. The molecule has 0 amide bonds. The topological polar surface area (TPSA) is 28.4 Å². The van der Waals surface area contributed by atoms with E-state index in [1.165, 1.54) is 19.3 Å². The minimum absolute atomic E-state index is 0.275. The van der Waals surface area contributed by atoms with E-state index in [2.05, 4.69) is 23.4 Å². The SMILES string of the molecule is Cc1ccc(C(C)NN2CCCCC2)o1. The summed E-state index contributed by atoms with van der Waals surface area (Å²) in [5, 5.41) is 2.31. The van der Waals surface area contributed by atoms with Crippen molar-refractivity contribution in [1.29, 1.82) is 0 Å². The number of furan rings is 1. The highest BCUT2D eigenvalue weighted by molar-refractivity contribution is 5.08. The lowest BCUT2D eigenvalue weighted by atomic mass is 10.1. The first kappa shape index (κ1) is 10.7. The van der Waals surface area contributed by atoms with Crippen LogP contribution >= 0.6 is 0 Å². The Hall–Kier alpha value is -0.800. The summed E-state index contributed by atoms with van der Waals surface area (Å²) in [5.41, 5.74) is 3.49. The number of rotatable bonds is 3. The highest BCUT2D eigenvalue weighted by Gasteiger charge is 2.15. The molecular weight excluding hydrogens is 188 g/mol. The summed E-state index contributed by atoms with van der Waals surface area (Å²) in [4.78, 5) is 0. The van der Waals surface area contributed by atoms with Crippen LogP contribution in [-0.2, 0) is 0 Å². The number of nitrogens with zero attached hydrogens (tertiary/aromatic N) is 1. The summed E-state index contributed by atoms with van der Waals surface area (Å²) in [6, 6.07) is 4.34. The molecule has 0 aromatic carbocycles. The molecule has 15 heavy (non-hydrogen) atoms. The Morgan fingerprint density at radius 3 is 2.60 bits per heavy atom. The molecule has 0 bridgehead atoms. The molecule has 1 N–H and O–H groups in total. The summed E-state index contributed by atoms with van der Waals surface area (Å²) in [7, 11) is 0. The van der Waals surface area contributed by atoms with Crippen molar-refractivity contribution in [3.05, 3.63) is 23.7 Å². The predicted molar refractivity (Wildman–Crippen MR) is 60.4 cm³/mol. The fraction of sp³-hybridized carbons (Fsp3) is 0.667. The van der Waals surface area contributed by atoms with Crippen molar-refractivity contribution in [3.8, 4) is 0 Å². The standard InChI is InChI=1S/C12H20N2O/c1-10-6-7-12(15-10)11(2)13-14-8-4-3-5-9-14/h6-7,11,13H,3-5,8-9H2,1-2H3. The van der Waals surface area contributed by atoms with Gasteiger partial charge < -0.3 is 4.42 Å². The number of hydrazine groups is 1. The average Bonchev–Trinajstić information content (AvgIpc) is 2.66. The molecule has 1 aromatic rings. The molecule has 0 saturated carbocycles. The maximum atomic E-state index is 5.60. The van der Waals surface area contributed by atoms with Crippen LogP contribution in [0.2, 0.25) is 0 Å². The van der Waals surface area contributed by atoms with Crippen molar-refractivity contribution >= 4 is 0 Å². The van der Waals surface area contributed by atoms with Gasteiger partial charge in [-0.05, 0) is 38.8 Å². The van der Waals surface area contributed by atoms with Crippen LogP contribution in [0.15, 0.2) is 16.5 Å². The van der Waals surface area contributed by atoms with Gasteiger partial charge in [0.2, 0.25) is 0 Å². The molecule has 1 unspecified atom stereocenters. The first-order chi connectivity index (χ1) is 7.25. The van der Waals surface area contributed by atoms with E-state index in [0.29, 0.717) is 0 Å². The summed E-state index contributed by atoms with van der Waals surface area (Å²) in [6.45, 7) is 6.44. The zero-order valence-corrected chi connectivity index (χ0v) is 9.62. The Labute approximate surface area is 91.4 Å². The highest BCUT2D eigenvalue weighted by Crippen LogP contribution is 2.17. The van der Waals surface area contributed by atoms with E-state index in [1.54, 1.807) is 0 Å². The quantitative estimate of drug-likeness (QED) is 0.827.